The highest BCUT2D eigenvalue weighted by atomic mass is 32.1. The summed E-state index contributed by atoms with van der Waals surface area (Å²) in [4.78, 5) is 3.19. The molecule has 0 saturated carbocycles. The van der Waals surface area contributed by atoms with Crippen molar-refractivity contribution in [3.05, 3.63) is 40.0 Å². The van der Waals surface area contributed by atoms with Crippen LogP contribution in [0.1, 0.15) is 11.1 Å². The van der Waals surface area contributed by atoms with E-state index in [-0.39, 0.29) is 0 Å². The Morgan fingerprint density at radius 2 is 1.85 bits per heavy atom. The van der Waals surface area contributed by atoms with Gasteiger partial charge in [0.2, 0.25) is 0 Å². The van der Waals surface area contributed by atoms with Crippen LogP contribution < -0.4 is 0 Å². The molecule has 0 unspecified atom stereocenters. The van der Waals surface area contributed by atoms with Gasteiger partial charge in [-0.15, -0.1) is 0 Å². The number of aromatic nitrogens is 1. The fraction of sp³-hybridized carbons (Fsp3) is 0.182. The van der Waals surface area contributed by atoms with E-state index in [0.29, 0.717) is 0 Å². The largest absolute Gasteiger partial charge is 0.361 e. The normalized spacial score (nSPS) is 10.6. The molecule has 0 aliphatic carbocycles. The van der Waals surface area contributed by atoms with E-state index >= 15 is 0 Å². The lowest BCUT2D eigenvalue weighted by Gasteiger charge is -2.03. The number of hydrogen-bond acceptors (Lipinski definition) is 1. The summed E-state index contributed by atoms with van der Waals surface area (Å²) in [6.45, 7) is 4.22. The maximum atomic E-state index is 5.24. The van der Waals surface area contributed by atoms with Crippen LogP contribution in [0.3, 0.4) is 0 Å². The third-order valence-electron chi connectivity index (χ3n) is 2.37. The summed E-state index contributed by atoms with van der Waals surface area (Å²) in [7, 11) is 0. The maximum Gasteiger partial charge on any atom is 0.0484 e. The first-order valence-corrected chi connectivity index (χ1v) is 4.68. The van der Waals surface area contributed by atoms with Crippen molar-refractivity contribution in [1.29, 1.82) is 0 Å². The first kappa shape index (κ1) is 8.45. The van der Waals surface area contributed by atoms with Gasteiger partial charge in [0.15, 0.2) is 0 Å². The molecule has 0 radical (unpaired) electrons. The summed E-state index contributed by atoms with van der Waals surface area (Å²) in [5.74, 6) is 0. The third-order valence-corrected chi connectivity index (χ3v) is 2.73. The number of nitrogens with one attached hydrogen (secondary N) is 1. The average molecular weight is 189 g/mol. The predicted molar refractivity (Wildman–Crippen MR) is 58.6 cm³/mol. The minimum atomic E-state index is 0.914. The zero-order chi connectivity index (χ0) is 9.42. The Morgan fingerprint density at radius 3 is 2.62 bits per heavy atom. The number of aryl methyl sites for hydroxylation is 2. The van der Waals surface area contributed by atoms with Crippen LogP contribution in [0.15, 0.2) is 24.4 Å². The molecule has 1 N–H and O–H groups in total. The Balaban J connectivity index is 2.97. The van der Waals surface area contributed by atoms with Crippen molar-refractivity contribution in [2.45, 2.75) is 13.8 Å². The van der Waals surface area contributed by atoms with Crippen LogP contribution in [0.5, 0.6) is 0 Å². The molecule has 0 saturated heterocycles. The van der Waals surface area contributed by atoms with Gasteiger partial charge in [0.1, 0.15) is 0 Å². The number of pyridine rings is 1. The topological polar surface area (TPSA) is 15.8 Å². The molecule has 2 rings (SSSR count). The highest BCUT2D eigenvalue weighted by Crippen LogP contribution is 2.18. The van der Waals surface area contributed by atoms with Crippen LogP contribution >= 0.6 is 12.2 Å². The number of H-pyrrole nitrogens is 1. The lowest BCUT2D eigenvalue weighted by molar-refractivity contribution is 1.33. The Bertz CT molecular complexity index is 511. The Morgan fingerprint density at radius 1 is 1.15 bits per heavy atom. The number of rotatable bonds is 0. The fourth-order valence-electron chi connectivity index (χ4n) is 1.44. The number of fused-ring (bicyclic) bond motifs is 1. The second-order valence-corrected chi connectivity index (χ2v) is 3.76. The van der Waals surface area contributed by atoms with E-state index in [4.69, 9.17) is 12.2 Å². The highest BCUT2D eigenvalue weighted by Gasteiger charge is 1.98. The molecular formula is C11H11NS. The monoisotopic (exact) mass is 189 g/mol. The van der Waals surface area contributed by atoms with Crippen molar-refractivity contribution in [3.63, 3.8) is 0 Å². The van der Waals surface area contributed by atoms with Gasteiger partial charge in [0.25, 0.3) is 0 Å². The van der Waals surface area contributed by atoms with Crippen LogP contribution in [-0.2, 0) is 0 Å². The summed E-state index contributed by atoms with van der Waals surface area (Å²) in [6.07, 6.45) is 1.89. The summed E-state index contributed by atoms with van der Waals surface area (Å²) in [5.41, 5.74) is 3.71. The maximum absolute atomic E-state index is 5.24. The quantitative estimate of drug-likeness (QED) is 0.627. The molecule has 0 amide bonds. The van der Waals surface area contributed by atoms with E-state index in [2.05, 4.69) is 31.0 Å². The molecule has 13 heavy (non-hydrogen) atoms. The van der Waals surface area contributed by atoms with Gasteiger partial charge in [0.05, 0.1) is 0 Å². The molecule has 0 spiro atoms. The van der Waals surface area contributed by atoms with Crippen molar-refractivity contribution in [1.82, 2.24) is 4.98 Å². The van der Waals surface area contributed by atoms with Gasteiger partial charge in [-0.25, -0.2) is 0 Å². The van der Waals surface area contributed by atoms with Crippen molar-refractivity contribution in [2.75, 3.05) is 0 Å². The lowest BCUT2D eigenvalue weighted by atomic mass is 10.1. The molecule has 2 heteroatoms. The van der Waals surface area contributed by atoms with Gasteiger partial charge in [-0.3, -0.25) is 0 Å². The van der Waals surface area contributed by atoms with Gasteiger partial charge >= 0.3 is 0 Å². The van der Waals surface area contributed by atoms with Crippen molar-refractivity contribution in [2.24, 2.45) is 0 Å². The van der Waals surface area contributed by atoms with E-state index in [1.54, 1.807) is 0 Å². The van der Waals surface area contributed by atoms with E-state index in [1.807, 2.05) is 12.3 Å². The Hall–Kier alpha value is -1.15. The van der Waals surface area contributed by atoms with E-state index in [1.165, 1.54) is 11.1 Å². The average Bonchev–Trinajstić information content (AvgIpc) is 2.09. The predicted octanol–water partition coefficient (Wildman–Crippen LogP) is 3.51. The van der Waals surface area contributed by atoms with E-state index in [0.717, 1.165) is 15.4 Å². The number of aromatic amines is 1. The third kappa shape index (κ3) is 1.38. The second kappa shape index (κ2) is 2.96. The summed E-state index contributed by atoms with van der Waals surface area (Å²) < 4.78 is 0.914. The number of benzene rings is 1. The zero-order valence-corrected chi connectivity index (χ0v) is 8.53. The highest BCUT2D eigenvalue weighted by molar-refractivity contribution is 7.71. The Labute approximate surface area is 82.4 Å². The van der Waals surface area contributed by atoms with Gasteiger partial charge in [-0.05, 0) is 43.2 Å². The molecule has 66 valence electrons. The molecule has 0 aliphatic rings. The van der Waals surface area contributed by atoms with Crippen molar-refractivity contribution >= 4 is 23.1 Å². The van der Waals surface area contributed by atoms with Crippen LogP contribution in [0.4, 0.5) is 0 Å². The minimum Gasteiger partial charge on any atom is -0.361 e. The SMILES string of the molecule is Cc1cc2[nH]ccc(=S)c2cc1C. The van der Waals surface area contributed by atoms with Crippen LogP contribution in [0, 0.1) is 18.4 Å². The van der Waals surface area contributed by atoms with Crippen molar-refractivity contribution < 1.29 is 0 Å². The minimum absolute atomic E-state index is 0.914. The van der Waals surface area contributed by atoms with Crippen molar-refractivity contribution in [3.8, 4) is 0 Å². The molecule has 2 aromatic rings. The molecule has 0 atom stereocenters. The lowest BCUT2D eigenvalue weighted by Crippen LogP contribution is -1.84. The summed E-state index contributed by atoms with van der Waals surface area (Å²) in [6, 6.07) is 6.20. The molecule has 1 heterocycles. The van der Waals surface area contributed by atoms with Crippen LogP contribution in [0.2, 0.25) is 0 Å². The molecule has 0 fully saturated rings. The van der Waals surface area contributed by atoms with Gasteiger partial charge in [0, 0.05) is 21.6 Å². The zero-order valence-electron chi connectivity index (χ0n) is 7.72. The van der Waals surface area contributed by atoms with Crippen LogP contribution in [0.25, 0.3) is 10.9 Å². The summed E-state index contributed by atoms with van der Waals surface area (Å²) in [5, 5.41) is 1.14. The van der Waals surface area contributed by atoms with Crippen LogP contribution in [-0.4, -0.2) is 4.98 Å². The number of hydrogen-bond donors (Lipinski definition) is 1. The first-order chi connectivity index (χ1) is 6.18. The second-order valence-electron chi connectivity index (χ2n) is 3.32. The smallest absolute Gasteiger partial charge is 0.0484 e. The molecule has 1 aromatic carbocycles. The molecule has 0 aliphatic heterocycles. The first-order valence-electron chi connectivity index (χ1n) is 4.27. The summed E-state index contributed by atoms with van der Waals surface area (Å²) >= 11 is 5.24. The fourth-order valence-corrected chi connectivity index (χ4v) is 1.67. The molecule has 1 aromatic heterocycles. The van der Waals surface area contributed by atoms with Gasteiger partial charge in [-0.2, -0.15) is 0 Å². The standard InChI is InChI=1S/C11H11NS/c1-7-5-9-10(6-8(7)2)12-4-3-11(9)13/h3-6H,1-2H3,(H,12,13). The molecule has 1 nitrogen and oxygen atoms in total. The van der Waals surface area contributed by atoms with E-state index < -0.39 is 0 Å². The molecule has 0 bridgehead atoms. The van der Waals surface area contributed by atoms with Gasteiger partial charge < -0.3 is 4.98 Å². The van der Waals surface area contributed by atoms with Gasteiger partial charge in [-0.1, -0.05) is 12.2 Å². The molecular weight excluding hydrogens is 178 g/mol. The van der Waals surface area contributed by atoms with E-state index in [9.17, 15) is 0 Å². The Kier molecular flexibility index (Phi) is 1.93.